The molecule has 1 N–H and O–H groups in total. The van der Waals surface area contributed by atoms with Gasteiger partial charge in [-0.15, -0.1) is 0 Å². The van der Waals surface area contributed by atoms with Gasteiger partial charge in [-0.3, -0.25) is 9.48 Å². The second kappa shape index (κ2) is 7.98. The fourth-order valence-corrected chi connectivity index (χ4v) is 4.12. The van der Waals surface area contributed by atoms with Crippen LogP contribution in [0.5, 0.6) is 0 Å². The van der Waals surface area contributed by atoms with Crippen LogP contribution in [0.2, 0.25) is 0 Å². The zero-order chi connectivity index (χ0) is 18.6. The minimum absolute atomic E-state index is 0.131. The van der Waals surface area contributed by atoms with Crippen LogP contribution in [0, 0.1) is 0 Å². The summed E-state index contributed by atoms with van der Waals surface area (Å²) in [5.41, 5.74) is 0.905. The van der Waals surface area contributed by atoms with Crippen molar-refractivity contribution in [1.82, 2.24) is 14.1 Å². The van der Waals surface area contributed by atoms with Crippen LogP contribution >= 0.6 is 0 Å². The highest BCUT2D eigenvalue weighted by Crippen LogP contribution is 2.18. The van der Waals surface area contributed by atoms with Crippen LogP contribution in [0.4, 0.5) is 5.82 Å². The van der Waals surface area contributed by atoms with Gasteiger partial charge >= 0.3 is 0 Å². The average molecular weight is 378 g/mol. The quantitative estimate of drug-likeness (QED) is 0.810. The van der Waals surface area contributed by atoms with Crippen LogP contribution in [-0.2, 0) is 33.0 Å². The molecule has 0 unspecified atom stereocenters. The normalized spacial score (nSPS) is 15.7. The average Bonchev–Trinajstić information content (AvgIpc) is 3.06. The minimum atomic E-state index is -3.48. The molecule has 0 atom stereocenters. The number of amides is 1. The van der Waals surface area contributed by atoms with Gasteiger partial charge in [-0.1, -0.05) is 12.1 Å². The number of morpholine rings is 1. The molecule has 1 aromatic carbocycles. The Bertz CT molecular complexity index is 855. The number of carbonyl (C=O) groups is 1. The lowest BCUT2D eigenvalue weighted by Gasteiger charge is -2.26. The van der Waals surface area contributed by atoms with Gasteiger partial charge in [0.2, 0.25) is 15.9 Å². The molecule has 1 amide bonds. The summed E-state index contributed by atoms with van der Waals surface area (Å²) in [6.07, 6.45) is 2.58. The second-order valence-corrected chi connectivity index (χ2v) is 8.02. The Hall–Kier alpha value is -2.23. The first-order valence-corrected chi connectivity index (χ1v) is 9.85. The van der Waals surface area contributed by atoms with Gasteiger partial charge in [0.1, 0.15) is 0 Å². The molecule has 26 heavy (non-hydrogen) atoms. The molecule has 3 rings (SSSR count). The first kappa shape index (κ1) is 18.6. The Morgan fingerprint density at radius 1 is 1.19 bits per heavy atom. The summed E-state index contributed by atoms with van der Waals surface area (Å²) in [7, 11) is -1.71. The molecule has 1 aliphatic heterocycles. The first-order valence-electron chi connectivity index (χ1n) is 8.41. The molecular weight excluding hydrogens is 356 g/mol. The molecule has 0 saturated carbocycles. The van der Waals surface area contributed by atoms with E-state index in [9.17, 15) is 13.2 Å². The highest BCUT2D eigenvalue weighted by molar-refractivity contribution is 7.89. The topological polar surface area (TPSA) is 93.5 Å². The van der Waals surface area contributed by atoms with Crippen molar-refractivity contribution in [1.29, 1.82) is 0 Å². The molecular formula is C17H22N4O4S. The van der Waals surface area contributed by atoms with E-state index >= 15 is 0 Å². The lowest BCUT2D eigenvalue weighted by molar-refractivity contribution is -0.116. The number of sulfonamides is 1. The Kier molecular flexibility index (Phi) is 5.70. The maximum atomic E-state index is 12.6. The Balaban J connectivity index is 1.56. The summed E-state index contributed by atoms with van der Waals surface area (Å²) in [5.74, 6) is 0.387. The molecule has 140 valence electrons. The van der Waals surface area contributed by atoms with Crippen LogP contribution < -0.4 is 5.32 Å². The van der Waals surface area contributed by atoms with E-state index in [1.165, 1.54) is 4.31 Å². The van der Waals surface area contributed by atoms with Crippen molar-refractivity contribution >= 4 is 21.7 Å². The molecule has 1 aromatic heterocycles. The van der Waals surface area contributed by atoms with Crippen molar-refractivity contribution < 1.29 is 17.9 Å². The van der Waals surface area contributed by atoms with Crippen molar-refractivity contribution in [3.63, 3.8) is 0 Å². The van der Waals surface area contributed by atoms with E-state index in [1.807, 2.05) is 0 Å². The van der Waals surface area contributed by atoms with E-state index in [1.54, 1.807) is 48.3 Å². The number of hydrogen-bond donors (Lipinski definition) is 1. The third-order valence-electron chi connectivity index (χ3n) is 4.15. The van der Waals surface area contributed by atoms with Gasteiger partial charge in [-0.25, -0.2) is 8.42 Å². The fraction of sp³-hybridized carbons (Fsp3) is 0.412. The number of nitrogens with zero attached hydrogens (tertiary/aromatic N) is 3. The van der Waals surface area contributed by atoms with Gasteiger partial charge in [0.15, 0.2) is 5.82 Å². The molecule has 0 radical (unpaired) electrons. The van der Waals surface area contributed by atoms with Gasteiger partial charge in [0, 0.05) is 38.8 Å². The molecule has 1 fully saturated rings. The van der Waals surface area contributed by atoms with Crippen molar-refractivity contribution in [3.8, 4) is 0 Å². The van der Waals surface area contributed by atoms with E-state index < -0.39 is 10.0 Å². The zero-order valence-electron chi connectivity index (χ0n) is 14.6. The Morgan fingerprint density at radius 2 is 1.88 bits per heavy atom. The SMILES string of the molecule is Cn1ccc(NC(=O)CCc2ccc(S(=O)(=O)N3CCOCC3)cc2)n1. The molecule has 8 nitrogen and oxygen atoms in total. The van der Waals surface area contributed by atoms with Crippen molar-refractivity contribution in [2.75, 3.05) is 31.6 Å². The molecule has 1 aliphatic rings. The van der Waals surface area contributed by atoms with E-state index in [2.05, 4.69) is 10.4 Å². The van der Waals surface area contributed by atoms with Gasteiger partial charge in [-0.2, -0.15) is 9.40 Å². The van der Waals surface area contributed by atoms with Crippen LogP contribution in [-0.4, -0.2) is 54.7 Å². The van der Waals surface area contributed by atoms with E-state index in [4.69, 9.17) is 4.74 Å². The Morgan fingerprint density at radius 3 is 2.50 bits per heavy atom. The van der Waals surface area contributed by atoms with E-state index in [-0.39, 0.29) is 10.8 Å². The van der Waals surface area contributed by atoms with Crippen molar-refractivity contribution in [3.05, 3.63) is 42.1 Å². The maximum absolute atomic E-state index is 12.6. The van der Waals surface area contributed by atoms with Crippen LogP contribution in [0.25, 0.3) is 0 Å². The van der Waals surface area contributed by atoms with E-state index in [0.29, 0.717) is 45.0 Å². The predicted octanol–water partition coefficient (Wildman–Crippen LogP) is 1.01. The highest BCUT2D eigenvalue weighted by Gasteiger charge is 2.26. The lowest BCUT2D eigenvalue weighted by atomic mass is 10.1. The Labute approximate surface area is 152 Å². The van der Waals surface area contributed by atoms with Crippen LogP contribution in [0.15, 0.2) is 41.4 Å². The number of rotatable bonds is 6. The number of hydrogen-bond acceptors (Lipinski definition) is 5. The number of anilines is 1. The van der Waals surface area contributed by atoms with E-state index in [0.717, 1.165) is 5.56 Å². The smallest absolute Gasteiger partial charge is 0.243 e. The molecule has 0 aliphatic carbocycles. The summed E-state index contributed by atoms with van der Waals surface area (Å²) in [6, 6.07) is 8.42. The number of ether oxygens (including phenoxy) is 1. The third-order valence-corrected chi connectivity index (χ3v) is 6.07. The number of nitrogens with one attached hydrogen (secondary N) is 1. The number of carbonyl (C=O) groups excluding carboxylic acids is 1. The molecule has 9 heteroatoms. The summed E-state index contributed by atoms with van der Waals surface area (Å²) in [6.45, 7) is 1.58. The van der Waals surface area contributed by atoms with Gasteiger partial charge in [0.05, 0.1) is 18.1 Å². The highest BCUT2D eigenvalue weighted by atomic mass is 32.2. The molecule has 2 heterocycles. The van der Waals surface area contributed by atoms with Crippen molar-refractivity contribution in [2.24, 2.45) is 7.05 Å². The molecule has 0 spiro atoms. The summed E-state index contributed by atoms with van der Waals surface area (Å²) < 4.78 is 33.4. The predicted molar refractivity (Wildman–Crippen MR) is 96.2 cm³/mol. The zero-order valence-corrected chi connectivity index (χ0v) is 15.4. The molecule has 1 saturated heterocycles. The summed E-state index contributed by atoms with van der Waals surface area (Å²) >= 11 is 0. The van der Waals surface area contributed by atoms with Gasteiger partial charge in [-0.05, 0) is 24.1 Å². The second-order valence-electron chi connectivity index (χ2n) is 6.08. The maximum Gasteiger partial charge on any atom is 0.243 e. The number of aromatic nitrogens is 2. The summed E-state index contributed by atoms with van der Waals surface area (Å²) in [5, 5.41) is 6.82. The fourth-order valence-electron chi connectivity index (χ4n) is 2.71. The standard InChI is InChI=1S/C17H22N4O4S/c1-20-9-8-16(19-20)18-17(22)7-4-14-2-5-15(6-3-14)26(23,24)21-10-12-25-13-11-21/h2-3,5-6,8-9H,4,7,10-13H2,1H3,(H,18,19,22). The first-order chi connectivity index (χ1) is 12.4. The van der Waals surface area contributed by atoms with Crippen LogP contribution in [0.1, 0.15) is 12.0 Å². The number of aryl methyl sites for hydroxylation is 2. The summed E-state index contributed by atoms with van der Waals surface area (Å²) in [4.78, 5) is 12.2. The van der Waals surface area contributed by atoms with Gasteiger partial charge in [0.25, 0.3) is 0 Å². The largest absolute Gasteiger partial charge is 0.379 e. The molecule has 0 bridgehead atoms. The van der Waals surface area contributed by atoms with Crippen molar-refractivity contribution in [2.45, 2.75) is 17.7 Å². The number of benzene rings is 1. The lowest BCUT2D eigenvalue weighted by Crippen LogP contribution is -2.40. The van der Waals surface area contributed by atoms with Crippen LogP contribution in [0.3, 0.4) is 0 Å². The third kappa shape index (κ3) is 4.48. The minimum Gasteiger partial charge on any atom is -0.379 e. The molecule has 2 aromatic rings. The monoisotopic (exact) mass is 378 g/mol. The van der Waals surface area contributed by atoms with Gasteiger partial charge < -0.3 is 10.1 Å².